The summed E-state index contributed by atoms with van der Waals surface area (Å²) in [5.74, 6) is -1.14. The molecule has 5 heteroatoms. The van der Waals surface area contributed by atoms with E-state index in [0.29, 0.717) is 12.3 Å². The normalized spacial score (nSPS) is 15.5. The average molecular weight is 244 g/mol. The standard InChI is InChI=1S/C12H24N2O3/c1-7(2)6-8(13)10(15)14-9(11(16)17)12(3,4)5/h7-9H,6,13H2,1-5H3,(H,14,15)(H,16,17)/t8-,9+/m0/s1. The first kappa shape index (κ1) is 15.9. The molecule has 0 aromatic heterocycles. The Labute approximate surface area is 103 Å². The highest BCUT2D eigenvalue weighted by Gasteiger charge is 2.33. The van der Waals surface area contributed by atoms with Gasteiger partial charge in [0.1, 0.15) is 6.04 Å². The van der Waals surface area contributed by atoms with Crippen LogP contribution >= 0.6 is 0 Å². The van der Waals surface area contributed by atoms with Gasteiger partial charge < -0.3 is 16.2 Å². The molecule has 17 heavy (non-hydrogen) atoms. The molecule has 5 nitrogen and oxygen atoms in total. The van der Waals surface area contributed by atoms with Gasteiger partial charge in [-0.1, -0.05) is 34.6 Å². The number of nitrogens with two attached hydrogens (primary N) is 1. The molecule has 0 aliphatic rings. The van der Waals surface area contributed by atoms with Crippen LogP contribution in [0.15, 0.2) is 0 Å². The van der Waals surface area contributed by atoms with Crippen molar-refractivity contribution in [1.29, 1.82) is 0 Å². The molecule has 100 valence electrons. The smallest absolute Gasteiger partial charge is 0.326 e. The Morgan fingerprint density at radius 2 is 1.76 bits per heavy atom. The minimum Gasteiger partial charge on any atom is -0.480 e. The van der Waals surface area contributed by atoms with Crippen LogP contribution in [-0.2, 0) is 9.59 Å². The number of nitrogens with one attached hydrogen (secondary N) is 1. The number of rotatable bonds is 5. The van der Waals surface area contributed by atoms with Crippen molar-refractivity contribution in [3.63, 3.8) is 0 Å². The van der Waals surface area contributed by atoms with Crippen LogP contribution in [0.3, 0.4) is 0 Å². The molecule has 0 aliphatic carbocycles. The second-order valence-corrected chi connectivity index (χ2v) is 5.88. The van der Waals surface area contributed by atoms with E-state index < -0.39 is 29.4 Å². The van der Waals surface area contributed by atoms with E-state index in [-0.39, 0.29) is 0 Å². The average Bonchev–Trinajstić information content (AvgIpc) is 2.09. The van der Waals surface area contributed by atoms with E-state index in [2.05, 4.69) is 5.32 Å². The van der Waals surface area contributed by atoms with Crippen LogP contribution in [0.25, 0.3) is 0 Å². The number of carbonyl (C=O) groups is 2. The third kappa shape index (κ3) is 5.68. The first-order chi connectivity index (χ1) is 7.55. The zero-order valence-electron chi connectivity index (χ0n) is 11.3. The van der Waals surface area contributed by atoms with Gasteiger partial charge in [-0.3, -0.25) is 4.79 Å². The summed E-state index contributed by atoms with van der Waals surface area (Å²) in [6.45, 7) is 9.22. The van der Waals surface area contributed by atoms with Crippen LogP contribution in [-0.4, -0.2) is 29.1 Å². The van der Waals surface area contributed by atoms with E-state index in [0.717, 1.165) is 0 Å². The molecule has 0 bridgehead atoms. The van der Waals surface area contributed by atoms with Crippen molar-refractivity contribution in [2.45, 2.75) is 53.1 Å². The highest BCUT2D eigenvalue weighted by Crippen LogP contribution is 2.19. The summed E-state index contributed by atoms with van der Waals surface area (Å²) in [6, 6.07) is -1.58. The maximum absolute atomic E-state index is 11.7. The zero-order chi connectivity index (χ0) is 13.8. The maximum Gasteiger partial charge on any atom is 0.326 e. The van der Waals surface area contributed by atoms with Crippen molar-refractivity contribution < 1.29 is 14.7 Å². The minimum absolute atomic E-state index is 0.300. The van der Waals surface area contributed by atoms with Crippen LogP contribution in [0.5, 0.6) is 0 Å². The van der Waals surface area contributed by atoms with E-state index in [9.17, 15) is 9.59 Å². The van der Waals surface area contributed by atoms with Crippen molar-refractivity contribution in [2.24, 2.45) is 17.1 Å². The van der Waals surface area contributed by atoms with E-state index in [1.807, 2.05) is 13.8 Å². The third-order valence-electron chi connectivity index (χ3n) is 2.46. The second kappa shape index (κ2) is 6.00. The molecule has 0 radical (unpaired) electrons. The quantitative estimate of drug-likeness (QED) is 0.672. The first-order valence-electron chi connectivity index (χ1n) is 5.84. The molecule has 0 aromatic carbocycles. The van der Waals surface area contributed by atoms with Crippen LogP contribution in [0.2, 0.25) is 0 Å². The summed E-state index contributed by atoms with van der Waals surface area (Å²) in [7, 11) is 0. The molecule has 0 heterocycles. The molecular formula is C12H24N2O3. The zero-order valence-corrected chi connectivity index (χ0v) is 11.3. The minimum atomic E-state index is -1.04. The number of carbonyl (C=O) groups excluding carboxylic acids is 1. The molecule has 0 saturated carbocycles. The largest absolute Gasteiger partial charge is 0.480 e. The van der Waals surface area contributed by atoms with Gasteiger partial charge in [0.15, 0.2) is 0 Å². The lowest BCUT2D eigenvalue weighted by Gasteiger charge is -2.29. The van der Waals surface area contributed by atoms with Gasteiger partial charge in [-0.05, 0) is 17.8 Å². The predicted octanol–water partition coefficient (Wildman–Crippen LogP) is 0.975. The molecule has 0 rings (SSSR count). The number of carboxylic acid groups (broad SMARTS) is 1. The molecule has 0 saturated heterocycles. The summed E-state index contributed by atoms with van der Waals surface area (Å²) >= 11 is 0. The number of carboxylic acids is 1. The molecule has 1 amide bonds. The summed E-state index contributed by atoms with van der Waals surface area (Å²) in [5.41, 5.74) is 5.16. The first-order valence-corrected chi connectivity index (χ1v) is 5.84. The Balaban J connectivity index is 4.58. The van der Waals surface area contributed by atoms with E-state index in [1.165, 1.54) is 0 Å². The number of hydrogen-bond donors (Lipinski definition) is 3. The molecule has 2 atom stereocenters. The van der Waals surface area contributed by atoms with E-state index in [1.54, 1.807) is 20.8 Å². The number of amides is 1. The molecule has 0 unspecified atom stereocenters. The van der Waals surface area contributed by atoms with Crippen molar-refractivity contribution in [2.75, 3.05) is 0 Å². The Bertz CT molecular complexity index is 282. The van der Waals surface area contributed by atoms with Gasteiger partial charge in [0.2, 0.25) is 5.91 Å². The molecule has 0 aromatic rings. The summed E-state index contributed by atoms with van der Waals surface area (Å²) in [6.07, 6.45) is 0.544. The Morgan fingerprint density at radius 1 is 1.29 bits per heavy atom. The predicted molar refractivity (Wildman–Crippen MR) is 66.5 cm³/mol. The van der Waals surface area contributed by atoms with Crippen molar-refractivity contribution in [1.82, 2.24) is 5.32 Å². The monoisotopic (exact) mass is 244 g/mol. The lowest BCUT2D eigenvalue weighted by atomic mass is 9.86. The Hall–Kier alpha value is -1.10. The van der Waals surface area contributed by atoms with Crippen LogP contribution in [0.4, 0.5) is 0 Å². The van der Waals surface area contributed by atoms with E-state index in [4.69, 9.17) is 10.8 Å². The second-order valence-electron chi connectivity index (χ2n) is 5.88. The molecule has 4 N–H and O–H groups in total. The van der Waals surface area contributed by atoms with E-state index >= 15 is 0 Å². The lowest BCUT2D eigenvalue weighted by molar-refractivity contribution is -0.145. The van der Waals surface area contributed by atoms with Crippen molar-refractivity contribution in [3.05, 3.63) is 0 Å². The van der Waals surface area contributed by atoms with Crippen LogP contribution in [0.1, 0.15) is 41.0 Å². The topological polar surface area (TPSA) is 92.4 Å². The Kier molecular flexibility index (Phi) is 5.61. The van der Waals surface area contributed by atoms with Crippen molar-refractivity contribution in [3.8, 4) is 0 Å². The molecule has 0 aliphatic heterocycles. The summed E-state index contributed by atoms with van der Waals surface area (Å²) in [5, 5.41) is 11.6. The fourth-order valence-corrected chi connectivity index (χ4v) is 1.51. The van der Waals surface area contributed by atoms with Crippen LogP contribution in [0, 0.1) is 11.3 Å². The van der Waals surface area contributed by atoms with Crippen molar-refractivity contribution >= 4 is 11.9 Å². The lowest BCUT2D eigenvalue weighted by Crippen LogP contribution is -2.53. The van der Waals surface area contributed by atoms with Gasteiger partial charge in [0.25, 0.3) is 0 Å². The van der Waals surface area contributed by atoms with Crippen LogP contribution < -0.4 is 11.1 Å². The molecular weight excluding hydrogens is 220 g/mol. The fraction of sp³-hybridized carbons (Fsp3) is 0.833. The highest BCUT2D eigenvalue weighted by molar-refractivity contribution is 5.87. The summed E-state index contributed by atoms with van der Waals surface area (Å²) in [4.78, 5) is 22.8. The fourth-order valence-electron chi connectivity index (χ4n) is 1.51. The number of aliphatic carboxylic acids is 1. The third-order valence-corrected chi connectivity index (χ3v) is 2.46. The Morgan fingerprint density at radius 3 is 2.06 bits per heavy atom. The van der Waals surface area contributed by atoms with Gasteiger partial charge >= 0.3 is 5.97 Å². The van der Waals surface area contributed by atoms with Gasteiger partial charge in [-0.15, -0.1) is 0 Å². The molecule has 0 spiro atoms. The molecule has 0 fully saturated rings. The SMILES string of the molecule is CC(C)C[C@H](N)C(=O)N[C@H](C(=O)O)C(C)(C)C. The van der Waals surface area contributed by atoms with Gasteiger partial charge in [-0.25, -0.2) is 4.79 Å². The maximum atomic E-state index is 11.7. The highest BCUT2D eigenvalue weighted by atomic mass is 16.4. The van der Waals surface area contributed by atoms with Gasteiger partial charge in [0, 0.05) is 0 Å². The van der Waals surface area contributed by atoms with Gasteiger partial charge in [0.05, 0.1) is 6.04 Å². The number of hydrogen-bond acceptors (Lipinski definition) is 3. The summed E-state index contributed by atoms with van der Waals surface area (Å²) < 4.78 is 0. The van der Waals surface area contributed by atoms with Gasteiger partial charge in [-0.2, -0.15) is 0 Å².